The maximum atomic E-state index is 11.6. The van der Waals surface area contributed by atoms with Crippen LogP contribution >= 0.6 is 0 Å². The van der Waals surface area contributed by atoms with E-state index in [0.717, 1.165) is 12.1 Å². The normalized spacial score (nSPS) is 19.8. The second-order valence-corrected chi connectivity index (χ2v) is 7.35. The third kappa shape index (κ3) is 4.99. The Hall–Kier alpha value is -1.51. The first-order valence-electron chi connectivity index (χ1n) is 9.63. The van der Waals surface area contributed by atoms with Gasteiger partial charge in [-0.3, -0.25) is 0 Å². The number of hydrogen-bond acceptors (Lipinski definition) is 3. The fourth-order valence-electron chi connectivity index (χ4n) is 3.70. The van der Waals surface area contributed by atoms with Crippen LogP contribution in [-0.4, -0.2) is 18.6 Å². The van der Waals surface area contributed by atoms with Gasteiger partial charge in [-0.2, -0.15) is 0 Å². The molecule has 2 rings (SSSR count). The molecule has 3 heteroatoms. The van der Waals surface area contributed by atoms with Crippen molar-refractivity contribution < 1.29 is 9.53 Å². The molecular formula is C21H33NO2. The average molecular weight is 332 g/mol. The zero-order chi connectivity index (χ0) is 17.4. The van der Waals surface area contributed by atoms with E-state index in [1.165, 1.54) is 50.5 Å². The van der Waals surface area contributed by atoms with Crippen molar-refractivity contribution in [1.29, 1.82) is 0 Å². The minimum absolute atomic E-state index is 0.133. The molecule has 24 heavy (non-hydrogen) atoms. The molecule has 0 aromatic heterocycles. The molecule has 0 radical (unpaired) electrons. The molecule has 1 aliphatic heterocycles. The monoisotopic (exact) mass is 331 g/mol. The van der Waals surface area contributed by atoms with Gasteiger partial charge in [-0.25, -0.2) is 4.79 Å². The quantitative estimate of drug-likeness (QED) is 0.458. The van der Waals surface area contributed by atoms with Crippen molar-refractivity contribution in [1.82, 2.24) is 0 Å². The van der Waals surface area contributed by atoms with E-state index in [1.54, 1.807) is 0 Å². The van der Waals surface area contributed by atoms with Gasteiger partial charge in [0.15, 0.2) is 0 Å². The molecule has 1 saturated heterocycles. The first kappa shape index (κ1) is 18.8. The summed E-state index contributed by atoms with van der Waals surface area (Å²) < 4.78 is 5.01. The molecular weight excluding hydrogens is 298 g/mol. The smallest absolute Gasteiger partial charge is 0.328 e. The molecule has 2 unspecified atom stereocenters. The Bertz CT molecular complexity index is 511. The van der Waals surface area contributed by atoms with E-state index in [0.29, 0.717) is 6.61 Å². The Labute approximate surface area is 147 Å². The van der Waals surface area contributed by atoms with E-state index in [4.69, 9.17) is 4.74 Å². The predicted molar refractivity (Wildman–Crippen MR) is 100 cm³/mol. The number of unbranched alkanes of at least 4 members (excludes halogenated alkanes) is 3. The van der Waals surface area contributed by atoms with E-state index in [2.05, 4.69) is 50.4 Å². The molecule has 1 aliphatic rings. The first-order chi connectivity index (χ1) is 11.6. The second-order valence-electron chi connectivity index (χ2n) is 7.35. The highest BCUT2D eigenvalue weighted by atomic mass is 16.5. The number of nitrogens with one attached hydrogen (secondary N) is 1. The minimum atomic E-state index is -0.188. The summed E-state index contributed by atoms with van der Waals surface area (Å²) in [6.07, 6.45) is 9.70. The van der Waals surface area contributed by atoms with Crippen molar-refractivity contribution in [2.75, 3.05) is 11.9 Å². The molecule has 1 N–H and O–H groups in total. The number of anilines is 1. The van der Waals surface area contributed by atoms with Crippen LogP contribution in [0.2, 0.25) is 0 Å². The van der Waals surface area contributed by atoms with Crippen molar-refractivity contribution in [2.24, 2.45) is 0 Å². The third-order valence-electron chi connectivity index (χ3n) is 5.24. The van der Waals surface area contributed by atoms with E-state index in [-0.39, 0.29) is 17.4 Å². The lowest BCUT2D eigenvalue weighted by atomic mass is 9.74. The fourth-order valence-corrected chi connectivity index (χ4v) is 3.70. The Balaban J connectivity index is 2.00. The van der Waals surface area contributed by atoms with Crippen LogP contribution in [0.25, 0.3) is 0 Å². The number of hydrogen-bond donors (Lipinski definition) is 1. The minimum Gasteiger partial charge on any atom is -0.464 e. The lowest BCUT2D eigenvalue weighted by Crippen LogP contribution is -2.25. The van der Waals surface area contributed by atoms with E-state index in [1.807, 2.05) is 0 Å². The molecule has 0 saturated carbocycles. The zero-order valence-electron chi connectivity index (χ0n) is 15.6. The van der Waals surface area contributed by atoms with Gasteiger partial charge in [-0.15, -0.1) is 0 Å². The lowest BCUT2D eigenvalue weighted by Gasteiger charge is -2.30. The number of esters is 1. The van der Waals surface area contributed by atoms with Crippen LogP contribution in [-0.2, 0) is 14.9 Å². The molecule has 2 atom stereocenters. The number of benzene rings is 1. The topological polar surface area (TPSA) is 38.3 Å². The van der Waals surface area contributed by atoms with Crippen LogP contribution in [0.4, 0.5) is 5.69 Å². The van der Waals surface area contributed by atoms with Crippen molar-refractivity contribution >= 4 is 11.7 Å². The van der Waals surface area contributed by atoms with Gasteiger partial charge in [0.05, 0.1) is 6.61 Å². The van der Waals surface area contributed by atoms with Crippen LogP contribution in [0.3, 0.4) is 0 Å². The molecule has 1 aromatic carbocycles. The van der Waals surface area contributed by atoms with Crippen molar-refractivity contribution in [2.45, 2.75) is 83.6 Å². The molecule has 134 valence electrons. The second kappa shape index (κ2) is 9.10. The van der Waals surface area contributed by atoms with Gasteiger partial charge in [-0.05, 0) is 36.0 Å². The maximum absolute atomic E-state index is 11.6. The maximum Gasteiger partial charge on any atom is 0.328 e. The molecule has 0 bridgehead atoms. The summed E-state index contributed by atoms with van der Waals surface area (Å²) in [5.74, 6) is -0.133. The van der Waals surface area contributed by atoms with Crippen molar-refractivity contribution in [3.8, 4) is 0 Å². The van der Waals surface area contributed by atoms with Crippen molar-refractivity contribution in [3.63, 3.8) is 0 Å². The van der Waals surface area contributed by atoms with Gasteiger partial charge in [0.25, 0.3) is 0 Å². The van der Waals surface area contributed by atoms with E-state index >= 15 is 0 Å². The van der Waals surface area contributed by atoms with Crippen LogP contribution < -0.4 is 5.32 Å². The highest BCUT2D eigenvalue weighted by molar-refractivity contribution is 5.80. The Morgan fingerprint density at radius 1 is 1.08 bits per heavy atom. The summed E-state index contributed by atoms with van der Waals surface area (Å²) in [5.41, 5.74) is 2.68. The van der Waals surface area contributed by atoms with Crippen LogP contribution in [0.15, 0.2) is 24.3 Å². The highest BCUT2D eigenvalue weighted by Crippen LogP contribution is 2.35. The van der Waals surface area contributed by atoms with Gasteiger partial charge >= 0.3 is 5.97 Å². The first-order valence-corrected chi connectivity index (χ1v) is 9.63. The number of rotatable bonds is 10. The standard InChI is InChI=1S/C21H33NO2/c1-4-6-7-8-15-21(3,14-5-2)17-9-11-18(12-10-17)22-19-13-16-24-20(19)23/h9-12,19,22H,4-8,13-16H2,1-3H3. The molecule has 0 spiro atoms. The summed E-state index contributed by atoms with van der Waals surface area (Å²) >= 11 is 0. The van der Waals surface area contributed by atoms with E-state index < -0.39 is 0 Å². The van der Waals surface area contributed by atoms with Crippen LogP contribution in [0.5, 0.6) is 0 Å². The molecule has 0 aliphatic carbocycles. The van der Waals surface area contributed by atoms with E-state index in [9.17, 15) is 4.79 Å². The van der Waals surface area contributed by atoms with Crippen LogP contribution in [0.1, 0.15) is 77.7 Å². The summed E-state index contributed by atoms with van der Waals surface area (Å²) in [6.45, 7) is 7.46. The summed E-state index contributed by atoms with van der Waals surface area (Å²) in [6, 6.07) is 8.50. The van der Waals surface area contributed by atoms with Gasteiger partial charge in [0.1, 0.15) is 6.04 Å². The largest absolute Gasteiger partial charge is 0.464 e. The Morgan fingerprint density at radius 2 is 1.83 bits per heavy atom. The lowest BCUT2D eigenvalue weighted by molar-refractivity contribution is -0.138. The number of carbonyl (C=O) groups excluding carboxylic acids is 1. The predicted octanol–water partition coefficient (Wildman–Crippen LogP) is 5.44. The highest BCUT2D eigenvalue weighted by Gasteiger charge is 2.27. The van der Waals surface area contributed by atoms with Gasteiger partial charge in [0, 0.05) is 12.1 Å². The summed E-state index contributed by atoms with van der Waals surface area (Å²) in [7, 11) is 0. The molecule has 3 nitrogen and oxygen atoms in total. The third-order valence-corrected chi connectivity index (χ3v) is 5.24. The number of ether oxygens (including phenoxy) is 1. The molecule has 1 heterocycles. The van der Waals surface area contributed by atoms with Gasteiger partial charge in [-0.1, -0.05) is 65.0 Å². The number of cyclic esters (lactones) is 1. The zero-order valence-corrected chi connectivity index (χ0v) is 15.6. The molecule has 0 amide bonds. The fraction of sp³-hybridized carbons (Fsp3) is 0.667. The summed E-state index contributed by atoms with van der Waals surface area (Å²) in [5, 5.41) is 3.29. The Kier molecular flexibility index (Phi) is 7.14. The molecule has 1 aromatic rings. The van der Waals surface area contributed by atoms with Crippen LogP contribution in [0, 0.1) is 0 Å². The van der Waals surface area contributed by atoms with Crippen molar-refractivity contribution in [3.05, 3.63) is 29.8 Å². The average Bonchev–Trinajstić information content (AvgIpc) is 2.97. The molecule has 1 fully saturated rings. The SMILES string of the molecule is CCCCCCC(C)(CCC)c1ccc(NC2CCOC2=O)cc1. The number of carbonyl (C=O) groups is 1. The van der Waals surface area contributed by atoms with Gasteiger partial charge in [0.2, 0.25) is 0 Å². The van der Waals surface area contributed by atoms with Gasteiger partial charge < -0.3 is 10.1 Å². The Morgan fingerprint density at radius 3 is 2.42 bits per heavy atom. The summed E-state index contributed by atoms with van der Waals surface area (Å²) in [4.78, 5) is 11.6.